The molecule has 19 heavy (non-hydrogen) atoms. The Balaban J connectivity index is 2.18. The van der Waals surface area contributed by atoms with E-state index >= 15 is 0 Å². The quantitative estimate of drug-likeness (QED) is 0.914. The number of hydrogen-bond donors (Lipinski definition) is 1. The summed E-state index contributed by atoms with van der Waals surface area (Å²) in [6, 6.07) is 10.2. The molecule has 0 aliphatic carbocycles. The molecule has 2 aromatic rings. The zero-order chi connectivity index (χ0) is 13.9. The van der Waals surface area contributed by atoms with Crippen molar-refractivity contribution in [3.63, 3.8) is 0 Å². The fourth-order valence-electron chi connectivity index (χ4n) is 1.77. The maximum absolute atomic E-state index is 10.8. The van der Waals surface area contributed by atoms with E-state index in [1.165, 1.54) is 12.1 Å². The summed E-state index contributed by atoms with van der Waals surface area (Å²) in [7, 11) is 0. The number of carboxylic acid groups (broad SMARTS) is 1. The smallest absolute Gasteiger partial charge is 0.335 e. The van der Waals surface area contributed by atoms with Gasteiger partial charge in [0.05, 0.1) is 5.56 Å². The number of carbonyl (C=O) groups is 1. The maximum Gasteiger partial charge on any atom is 0.335 e. The number of carboxylic acids is 1. The molecule has 1 aromatic heterocycles. The fraction of sp³-hybridized carbons (Fsp3) is 0.200. The molecule has 0 spiro atoms. The predicted molar refractivity (Wildman–Crippen MR) is 71.3 cm³/mol. The van der Waals surface area contributed by atoms with Crippen LogP contribution in [0, 0.1) is 0 Å². The molecule has 1 aromatic carbocycles. The molecule has 0 aliphatic heterocycles. The van der Waals surface area contributed by atoms with Crippen LogP contribution in [0.2, 0.25) is 0 Å². The van der Waals surface area contributed by atoms with E-state index in [2.05, 4.69) is 4.98 Å². The van der Waals surface area contributed by atoms with Gasteiger partial charge in [0.2, 0.25) is 0 Å². The van der Waals surface area contributed by atoms with E-state index in [0.717, 1.165) is 5.56 Å². The monoisotopic (exact) mass is 257 g/mol. The van der Waals surface area contributed by atoms with E-state index in [0.29, 0.717) is 5.75 Å². The Morgan fingerprint density at radius 2 is 1.68 bits per heavy atom. The van der Waals surface area contributed by atoms with E-state index < -0.39 is 11.6 Å². The molecule has 98 valence electrons. The van der Waals surface area contributed by atoms with Gasteiger partial charge in [-0.05, 0) is 55.8 Å². The van der Waals surface area contributed by atoms with E-state index in [1.54, 1.807) is 24.5 Å². The second-order valence-electron chi connectivity index (χ2n) is 4.68. The van der Waals surface area contributed by atoms with Gasteiger partial charge in [0.15, 0.2) is 0 Å². The lowest BCUT2D eigenvalue weighted by Crippen LogP contribution is -2.25. The van der Waals surface area contributed by atoms with Crippen molar-refractivity contribution < 1.29 is 14.6 Å². The summed E-state index contributed by atoms with van der Waals surface area (Å²) in [4.78, 5) is 14.7. The highest BCUT2D eigenvalue weighted by atomic mass is 16.5. The topological polar surface area (TPSA) is 59.4 Å². The first kappa shape index (κ1) is 13.1. The predicted octanol–water partition coefficient (Wildman–Crippen LogP) is 3.09. The number of aromatic nitrogens is 1. The van der Waals surface area contributed by atoms with Crippen molar-refractivity contribution in [2.45, 2.75) is 19.4 Å². The molecule has 0 saturated heterocycles. The molecule has 1 N–H and O–H groups in total. The first-order valence-electron chi connectivity index (χ1n) is 5.92. The fourth-order valence-corrected chi connectivity index (χ4v) is 1.77. The van der Waals surface area contributed by atoms with Gasteiger partial charge in [-0.25, -0.2) is 4.79 Å². The molecule has 0 radical (unpaired) electrons. The number of rotatable bonds is 4. The summed E-state index contributed by atoms with van der Waals surface area (Å²) in [5, 5.41) is 8.84. The van der Waals surface area contributed by atoms with Crippen molar-refractivity contribution >= 4 is 5.97 Å². The van der Waals surface area contributed by atoms with Crippen LogP contribution in [-0.2, 0) is 5.60 Å². The number of nitrogens with zero attached hydrogens (tertiary/aromatic N) is 1. The molecule has 0 atom stereocenters. The van der Waals surface area contributed by atoms with E-state index in [1.807, 2.05) is 26.0 Å². The number of benzene rings is 1. The minimum Gasteiger partial charge on any atom is -0.483 e. The van der Waals surface area contributed by atoms with E-state index in [-0.39, 0.29) is 5.56 Å². The zero-order valence-corrected chi connectivity index (χ0v) is 10.8. The van der Waals surface area contributed by atoms with Crippen LogP contribution >= 0.6 is 0 Å². The summed E-state index contributed by atoms with van der Waals surface area (Å²) >= 11 is 0. The van der Waals surface area contributed by atoms with Gasteiger partial charge >= 0.3 is 5.97 Å². The van der Waals surface area contributed by atoms with Crippen LogP contribution in [0.25, 0.3) is 0 Å². The average Bonchev–Trinajstić information content (AvgIpc) is 2.40. The average molecular weight is 257 g/mol. The second kappa shape index (κ2) is 5.10. The molecule has 0 bridgehead atoms. The normalized spacial score (nSPS) is 11.1. The van der Waals surface area contributed by atoms with Gasteiger partial charge in [0.25, 0.3) is 0 Å². The summed E-state index contributed by atoms with van der Waals surface area (Å²) in [5.41, 5.74) is 0.743. The van der Waals surface area contributed by atoms with Crippen molar-refractivity contribution in [2.24, 2.45) is 0 Å². The number of pyridine rings is 1. The highest BCUT2D eigenvalue weighted by molar-refractivity contribution is 5.87. The van der Waals surface area contributed by atoms with Crippen molar-refractivity contribution in [3.8, 4) is 5.75 Å². The van der Waals surface area contributed by atoms with Gasteiger partial charge < -0.3 is 9.84 Å². The lowest BCUT2D eigenvalue weighted by Gasteiger charge is -2.26. The van der Waals surface area contributed by atoms with Crippen LogP contribution in [0.5, 0.6) is 5.75 Å². The van der Waals surface area contributed by atoms with Gasteiger partial charge in [0.1, 0.15) is 11.4 Å². The lowest BCUT2D eigenvalue weighted by molar-refractivity contribution is 0.0696. The van der Waals surface area contributed by atoms with E-state index in [9.17, 15) is 4.79 Å². The number of hydrogen-bond acceptors (Lipinski definition) is 3. The van der Waals surface area contributed by atoms with Crippen molar-refractivity contribution in [1.82, 2.24) is 4.98 Å². The molecule has 0 fully saturated rings. The molecule has 0 aliphatic rings. The minimum atomic E-state index is -0.944. The summed E-state index contributed by atoms with van der Waals surface area (Å²) in [6.07, 6.45) is 3.43. The molecular weight excluding hydrogens is 242 g/mol. The number of ether oxygens (including phenoxy) is 1. The Morgan fingerprint density at radius 3 is 2.21 bits per heavy atom. The van der Waals surface area contributed by atoms with Crippen LogP contribution in [-0.4, -0.2) is 16.1 Å². The van der Waals surface area contributed by atoms with Gasteiger partial charge in [-0.1, -0.05) is 0 Å². The largest absolute Gasteiger partial charge is 0.483 e. The Kier molecular flexibility index (Phi) is 3.51. The van der Waals surface area contributed by atoms with Gasteiger partial charge in [-0.3, -0.25) is 4.98 Å². The molecular formula is C15H15NO3. The van der Waals surface area contributed by atoms with Crippen LogP contribution in [0.3, 0.4) is 0 Å². The second-order valence-corrected chi connectivity index (χ2v) is 4.68. The Bertz CT molecular complexity index is 562. The SMILES string of the molecule is CC(C)(Oc1ccc(C(=O)O)cc1)c1ccncc1. The van der Waals surface area contributed by atoms with Crippen molar-refractivity contribution in [1.29, 1.82) is 0 Å². The third-order valence-corrected chi connectivity index (χ3v) is 2.85. The van der Waals surface area contributed by atoms with E-state index in [4.69, 9.17) is 9.84 Å². The first-order chi connectivity index (χ1) is 8.99. The third-order valence-electron chi connectivity index (χ3n) is 2.85. The zero-order valence-electron chi connectivity index (χ0n) is 10.8. The molecule has 4 nitrogen and oxygen atoms in total. The maximum atomic E-state index is 10.8. The molecule has 0 saturated carbocycles. The van der Waals surface area contributed by atoms with Crippen LogP contribution in [0.15, 0.2) is 48.8 Å². The first-order valence-corrected chi connectivity index (χ1v) is 5.92. The summed E-state index contributed by atoms with van der Waals surface area (Å²) < 4.78 is 5.90. The summed E-state index contributed by atoms with van der Waals surface area (Å²) in [6.45, 7) is 3.90. The molecule has 1 heterocycles. The van der Waals surface area contributed by atoms with Gasteiger partial charge in [-0.15, -0.1) is 0 Å². The van der Waals surface area contributed by atoms with Gasteiger partial charge in [0, 0.05) is 12.4 Å². The molecule has 0 unspecified atom stereocenters. The van der Waals surface area contributed by atoms with Crippen molar-refractivity contribution in [2.75, 3.05) is 0 Å². The highest BCUT2D eigenvalue weighted by Gasteiger charge is 2.22. The molecule has 0 amide bonds. The third kappa shape index (κ3) is 3.10. The van der Waals surface area contributed by atoms with Crippen LogP contribution in [0.4, 0.5) is 0 Å². The Morgan fingerprint density at radius 1 is 1.11 bits per heavy atom. The van der Waals surface area contributed by atoms with Gasteiger partial charge in [-0.2, -0.15) is 0 Å². The lowest BCUT2D eigenvalue weighted by atomic mass is 9.99. The Labute approximate surface area is 111 Å². The number of aromatic carboxylic acids is 1. The minimum absolute atomic E-state index is 0.245. The Hall–Kier alpha value is -2.36. The molecule has 2 rings (SSSR count). The standard InChI is InChI=1S/C15H15NO3/c1-15(2,12-7-9-16-10-8-12)19-13-5-3-11(4-6-13)14(17)18/h3-10H,1-2H3,(H,17,18). The molecule has 4 heteroatoms. The summed E-state index contributed by atoms with van der Waals surface area (Å²) in [5.74, 6) is -0.313. The highest BCUT2D eigenvalue weighted by Crippen LogP contribution is 2.27. The van der Waals surface area contributed by atoms with Crippen molar-refractivity contribution in [3.05, 3.63) is 59.9 Å². The van der Waals surface area contributed by atoms with Crippen LogP contribution < -0.4 is 4.74 Å². The van der Waals surface area contributed by atoms with Crippen LogP contribution in [0.1, 0.15) is 29.8 Å².